The second-order valence-corrected chi connectivity index (χ2v) is 8.19. The highest BCUT2D eigenvalue weighted by Crippen LogP contribution is 2.30. The van der Waals surface area contributed by atoms with Crippen LogP contribution in [0.1, 0.15) is 50.9 Å². The summed E-state index contributed by atoms with van der Waals surface area (Å²) in [6.45, 7) is 2.01. The first kappa shape index (κ1) is 21.0. The van der Waals surface area contributed by atoms with Crippen molar-refractivity contribution in [2.45, 2.75) is 32.2 Å². The fraction of sp³-hybridized carbons (Fsp3) is 0.192. The van der Waals surface area contributed by atoms with Crippen LogP contribution < -0.4 is 5.32 Å². The average molecular weight is 444 g/mol. The summed E-state index contributed by atoms with van der Waals surface area (Å²) in [5, 5.41) is 7.67. The standard InChI is InChI=1S/C26H22F2N4O/c1-16-6-2-3-9-22(16)32-23-10-4-8-19(23)25(31-32)26(33)30-24(18-7-5-13-29-15-18)17-11-12-20(27)21(28)14-17/h2-3,5-7,9,11-15,24H,4,8,10H2,1H3,(H,30,33). The Morgan fingerprint density at radius 2 is 1.88 bits per heavy atom. The molecule has 0 saturated heterocycles. The summed E-state index contributed by atoms with van der Waals surface area (Å²) in [6.07, 6.45) is 5.79. The fourth-order valence-electron chi connectivity index (χ4n) is 4.42. The Morgan fingerprint density at radius 1 is 1.03 bits per heavy atom. The van der Waals surface area contributed by atoms with Gasteiger partial charge in [-0.25, -0.2) is 13.5 Å². The largest absolute Gasteiger partial charge is 0.340 e. The lowest BCUT2D eigenvalue weighted by Gasteiger charge is -2.19. The van der Waals surface area contributed by atoms with Gasteiger partial charge in [0.05, 0.1) is 11.7 Å². The van der Waals surface area contributed by atoms with Gasteiger partial charge in [0.15, 0.2) is 17.3 Å². The summed E-state index contributed by atoms with van der Waals surface area (Å²) >= 11 is 0. The summed E-state index contributed by atoms with van der Waals surface area (Å²) in [7, 11) is 0. The normalized spacial score (nSPS) is 13.5. The van der Waals surface area contributed by atoms with Gasteiger partial charge in [-0.15, -0.1) is 0 Å². The molecule has 1 aliphatic rings. The Balaban J connectivity index is 1.54. The third-order valence-corrected chi connectivity index (χ3v) is 6.06. The van der Waals surface area contributed by atoms with E-state index in [0.29, 0.717) is 16.8 Å². The Hall–Kier alpha value is -3.87. The summed E-state index contributed by atoms with van der Waals surface area (Å²) in [5.74, 6) is -2.27. The number of aromatic nitrogens is 3. The molecule has 0 saturated carbocycles. The molecule has 0 radical (unpaired) electrons. The second-order valence-electron chi connectivity index (χ2n) is 8.19. The molecule has 5 nitrogen and oxygen atoms in total. The lowest BCUT2D eigenvalue weighted by molar-refractivity contribution is 0.0936. The number of amides is 1. The van der Waals surface area contributed by atoms with Crippen molar-refractivity contribution in [2.75, 3.05) is 0 Å². The molecule has 7 heteroatoms. The minimum absolute atomic E-state index is 0.362. The van der Waals surface area contributed by atoms with Crippen molar-refractivity contribution in [3.05, 3.63) is 112 Å². The van der Waals surface area contributed by atoms with Crippen molar-refractivity contribution in [3.63, 3.8) is 0 Å². The minimum atomic E-state index is -0.972. The molecule has 0 bridgehead atoms. The smallest absolute Gasteiger partial charge is 0.272 e. The molecule has 4 aromatic rings. The van der Waals surface area contributed by atoms with Crippen molar-refractivity contribution >= 4 is 5.91 Å². The summed E-state index contributed by atoms with van der Waals surface area (Å²) < 4.78 is 29.4. The molecule has 1 atom stereocenters. The highest BCUT2D eigenvalue weighted by atomic mass is 19.2. The number of nitrogens with zero attached hydrogens (tertiary/aromatic N) is 3. The number of aryl methyl sites for hydroxylation is 1. The van der Waals surface area contributed by atoms with Crippen molar-refractivity contribution in [3.8, 4) is 5.69 Å². The van der Waals surface area contributed by atoms with Gasteiger partial charge in [-0.2, -0.15) is 5.10 Å². The molecule has 0 fully saturated rings. The minimum Gasteiger partial charge on any atom is -0.340 e. The van der Waals surface area contributed by atoms with Gasteiger partial charge in [0.25, 0.3) is 5.91 Å². The molecule has 166 valence electrons. The molecule has 1 aliphatic carbocycles. The van der Waals surface area contributed by atoms with Crippen LogP contribution in [0, 0.1) is 18.6 Å². The second kappa shape index (κ2) is 8.58. The zero-order valence-corrected chi connectivity index (χ0v) is 18.1. The van der Waals surface area contributed by atoms with Crippen LogP contribution in [-0.4, -0.2) is 20.7 Å². The zero-order chi connectivity index (χ0) is 22.9. The van der Waals surface area contributed by atoms with E-state index in [1.54, 1.807) is 24.5 Å². The van der Waals surface area contributed by atoms with Crippen molar-refractivity contribution in [1.29, 1.82) is 0 Å². The van der Waals surface area contributed by atoms with Gasteiger partial charge in [-0.1, -0.05) is 30.3 Å². The Kier molecular flexibility index (Phi) is 5.46. The monoisotopic (exact) mass is 444 g/mol. The lowest BCUT2D eigenvalue weighted by Crippen LogP contribution is -2.30. The Labute approximate surface area is 190 Å². The highest BCUT2D eigenvalue weighted by molar-refractivity contribution is 5.94. The number of carbonyl (C=O) groups is 1. The molecule has 1 N–H and O–H groups in total. The SMILES string of the molecule is Cc1ccccc1-n1nc(C(=O)NC(c2cccnc2)c2ccc(F)c(F)c2)c2c1CCC2. The first-order valence-electron chi connectivity index (χ1n) is 10.9. The van der Waals surface area contributed by atoms with Gasteiger partial charge in [0.2, 0.25) is 0 Å². The molecule has 1 unspecified atom stereocenters. The number of para-hydroxylation sites is 1. The van der Waals surface area contributed by atoms with E-state index in [4.69, 9.17) is 0 Å². The number of halogens is 2. The number of rotatable bonds is 5. The topological polar surface area (TPSA) is 59.8 Å². The van der Waals surface area contributed by atoms with E-state index < -0.39 is 17.7 Å². The predicted octanol–water partition coefficient (Wildman–Crippen LogP) is 4.86. The fourth-order valence-corrected chi connectivity index (χ4v) is 4.42. The first-order valence-corrected chi connectivity index (χ1v) is 10.9. The van der Waals surface area contributed by atoms with Crippen LogP contribution in [0.15, 0.2) is 67.0 Å². The van der Waals surface area contributed by atoms with Gasteiger partial charge in [0.1, 0.15) is 0 Å². The van der Waals surface area contributed by atoms with Crippen LogP contribution in [0.4, 0.5) is 8.78 Å². The van der Waals surface area contributed by atoms with Gasteiger partial charge in [-0.05, 0) is 67.1 Å². The first-order chi connectivity index (χ1) is 16.0. The highest BCUT2D eigenvalue weighted by Gasteiger charge is 2.29. The van der Waals surface area contributed by atoms with Crippen LogP contribution >= 0.6 is 0 Å². The van der Waals surface area contributed by atoms with E-state index in [-0.39, 0.29) is 5.91 Å². The Morgan fingerprint density at radius 3 is 2.64 bits per heavy atom. The van der Waals surface area contributed by atoms with E-state index in [1.807, 2.05) is 35.9 Å². The maximum atomic E-state index is 14.0. The van der Waals surface area contributed by atoms with E-state index in [2.05, 4.69) is 15.4 Å². The third-order valence-electron chi connectivity index (χ3n) is 6.06. The van der Waals surface area contributed by atoms with Crippen LogP contribution in [0.2, 0.25) is 0 Å². The van der Waals surface area contributed by atoms with Crippen LogP contribution in [-0.2, 0) is 12.8 Å². The predicted molar refractivity (Wildman–Crippen MR) is 120 cm³/mol. The van der Waals surface area contributed by atoms with E-state index in [9.17, 15) is 13.6 Å². The number of carbonyl (C=O) groups excluding carboxylic acids is 1. The van der Waals surface area contributed by atoms with Crippen LogP contribution in [0.3, 0.4) is 0 Å². The molecule has 33 heavy (non-hydrogen) atoms. The Bertz CT molecular complexity index is 1330. The summed E-state index contributed by atoms with van der Waals surface area (Å²) in [6, 6.07) is 14.4. The maximum absolute atomic E-state index is 14.0. The molecule has 2 heterocycles. The molecular formula is C26H22F2N4O. The number of nitrogens with one attached hydrogen (secondary N) is 1. The van der Waals surface area contributed by atoms with E-state index in [1.165, 1.54) is 6.07 Å². The molecular weight excluding hydrogens is 422 g/mol. The van der Waals surface area contributed by atoms with Crippen molar-refractivity contribution < 1.29 is 13.6 Å². The third kappa shape index (κ3) is 3.91. The molecule has 0 spiro atoms. The molecule has 0 aliphatic heterocycles. The molecule has 2 aromatic heterocycles. The maximum Gasteiger partial charge on any atom is 0.272 e. The average Bonchev–Trinajstić information content (AvgIpc) is 3.43. The lowest BCUT2D eigenvalue weighted by atomic mass is 9.99. The number of pyridine rings is 1. The van der Waals surface area contributed by atoms with Gasteiger partial charge in [0, 0.05) is 23.7 Å². The molecule has 1 amide bonds. The van der Waals surface area contributed by atoms with Crippen molar-refractivity contribution in [2.24, 2.45) is 0 Å². The van der Waals surface area contributed by atoms with E-state index in [0.717, 1.165) is 53.9 Å². The van der Waals surface area contributed by atoms with E-state index >= 15 is 0 Å². The zero-order valence-electron chi connectivity index (χ0n) is 18.1. The van der Waals surface area contributed by atoms with Crippen LogP contribution in [0.25, 0.3) is 5.69 Å². The molecule has 2 aromatic carbocycles. The van der Waals surface area contributed by atoms with Gasteiger partial charge >= 0.3 is 0 Å². The van der Waals surface area contributed by atoms with Gasteiger partial charge in [-0.3, -0.25) is 9.78 Å². The van der Waals surface area contributed by atoms with Gasteiger partial charge < -0.3 is 5.32 Å². The summed E-state index contributed by atoms with van der Waals surface area (Å²) in [4.78, 5) is 17.6. The van der Waals surface area contributed by atoms with Crippen LogP contribution in [0.5, 0.6) is 0 Å². The summed E-state index contributed by atoms with van der Waals surface area (Å²) in [5.41, 5.74) is 5.43. The number of hydrogen-bond acceptors (Lipinski definition) is 3. The molecule has 5 rings (SSSR count). The number of fused-ring (bicyclic) bond motifs is 1. The number of benzene rings is 2. The van der Waals surface area contributed by atoms with Crippen molar-refractivity contribution in [1.82, 2.24) is 20.1 Å². The quantitative estimate of drug-likeness (QED) is 0.478. The number of hydrogen-bond donors (Lipinski definition) is 1.